The summed E-state index contributed by atoms with van der Waals surface area (Å²) in [6.07, 6.45) is 0. The summed E-state index contributed by atoms with van der Waals surface area (Å²) in [5.41, 5.74) is 7.83. The Morgan fingerprint density at radius 2 is 1.62 bits per heavy atom. The fourth-order valence-electron chi connectivity index (χ4n) is 2.38. The largest absolute Gasteiger partial charge is 0.337 e. The molecule has 0 saturated heterocycles. The van der Waals surface area contributed by atoms with Gasteiger partial charge in [0.05, 0.1) is 5.92 Å². The molecule has 0 bridgehead atoms. The van der Waals surface area contributed by atoms with Gasteiger partial charge in [-0.1, -0.05) is 60.7 Å². The number of nitrogens with zero attached hydrogens (tertiary/aromatic N) is 1. The van der Waals surface area contributed by atoms with Gasteiger partial charge >= 0.3 is 0 Å². The fraction of sp³-hybridized carbons (Fsp3) is 0.278. The minimum absolute atomic E-state index is 0.121. The maximum atomic E-state index is 12.7. The number of benzene rings is 2. The number of rotatable bonds is 6. The highest BCUT2D eigenvalue weighted by Crippen LogP contribution is 2.18. The van der Waals surface area contributed by atoms with Crippen LogP contribution in [0.15, 0.2) is 60.7 Å². The van der Waals surface area contributed by atoms with Gasteiger partial charge in [-0.25, -0.2) is 0 Å². The van der Waals surface area contributed by atoms with Crippen LogP contribution in [0.5, 0.6) is 0 Å². The van der Waals surface area contributed by atoms with E-state index in [9.17, 15) is 4.79 Å². The first-order valence-electron chi connectivity index (χ1n) is 7.30. The van der Waals surface area contributed by atoms with Crippen LogP contribution in [0.2, 0.25) is 0 Å². The van der Waals surface area contributed by atoms with Gasteiger partial charge in [-0.3, -0.25) is 4.79 Å². The molecule has 0 spiro atoms. The molecule has 0 aliphatic rings. The van der Waals surface area contributed by atoms with Crippen molar-refractivity contribution in [3.05, 3.63) is 71.8 Å². The Balaban J connectivity index is 2.12. The SMILES string of the molecule is CC(C(=O)N(CCN)Cc1ccccc1)c1ccccc1. The third kappa shape index (κ3) is 4.17. The lowest BCUT2D eigenvalue weighted by Gasteiger charge is -2.25. The van der Waals surface area contributed by atoms with Crippen molar-refractivity contribution < 1.29 is 4.79 Å². The molecule has 0 radical (unpaired) electrons. The van der Waals surface area contributed by atoms with E-state index in [0.29, 0.717) is 19.6 Å². The first-order valence-corrected chi connectivity index (χ1v) is 7.30. The summed E-state index contributed by atoms with van der Waals surface area (Å²) < 4.78 is 0. The Kier molecular flexibility index (Phi) is 5.52. The predicted octanol–water partition coefficient (Wildman–Crippen LogP) is 2.78. The summed E-state index contributed by atoms with van der Waals surface area (Å²) in [4.78, 5) is 14.5. The van der Waals surface area contributed by atoms with Gasteiger partial charge in [-0.2, -0.15) is 0 Å². The summed E-state index contributed by atoms with van der Waals surface area (Å²) in [6, 6.07) is 19.9. The van der Waals surface area contributed by atoms with E-state index in [1.165, 1.54) is 0 Å². The van der Waals surface area contributed by atoms with E-state index in [-0.39, 0.29) is 11.8 Å². The van der Waals surface area contributed by atoms with Crippen LogP contribution in [-0.2, 0) is 11.3 Å². The lowest BCUT2D eigenvalue weighted by atomic mass is 9.99. The quantitative estimate of drug-likeness (QED) is 0.885. The smallest absolute Gasteiger partial charge is 0.230 e. The highest BCUT2D eigenvalue weighted by molar-refractivity contribution is 5.83. The van der Waals surface area contributed by atoms with E-state index in [1.54, 1.807) is 0 Å². The molecule has 0 saturated carbocycles. The third-order valence-electron chi connectivity index (χ3n) is 3.60. The molecule has 1 atom stereocenters. The Labute approximate surface area is 126 Å². The van der Waals surface area contributed by atoms with Crippen molar-refractivity contribution in [1.29, 1.82) is 0 Å². The standard InChI is InChI=1S/C18H22N2O/c1-15(17-10-6-3-7-11-17)18(21)20(13-12-19)14-16-8-4-2-5-9-16/h2-11,15H,12-14,19H2,1H3. The molecule has 110 valence electrons. The van der Waals surface area contributed by atoms with Crippen LogP contribution in [0.4, 0.5) is 0 Å². The molecule has 3 nitrogen and oxygen atoms in total. The van der Waals surface area contributed by atoms with Crippen LogP contribution in [0, 0.1) is 0 Å². The topological polar surface area (TPSA) is 46.3 Å². The summed E-state index contributed by atoms with van der Waals surface area (Å²) in [7, 11) is 0. The first kappa shape index (κ1) is 15.3. The lowest BCUT2D eigenvalue weighted by Crippen LogP contribution is -2.37. The molecule has 0 aliphatic heterocycles. The normalized spacial score (nSPS) is 11.9. The number of hydrogen-bond acceptors (Lipinski definition) is 2. The second kappa shape index (κ2) is 7.60. The molecule has 2 aromatic carbocycles. The minimum atomic E-state index is -0.151. The van der Waals surface area contributed by atoms with Crippen molar-refractivity contribution in [2.75, 3.05) is 13.1 Å². The summed E-state index contributed by atoms with van der Waals surface area (Å²) in [5, 5.41) is 0. The summed E-state index contributed by atoms with van der Waals surface area (Å²) in [5.74, 6) is -0.0306. The monoisotopic (exact) mass is 282 g/mol. The van der Waals surface area contributed by atoms with Crippen molar-refractivity contribution in [3.63, 3.8) is 0 Å². The second-order valence-corrected chi connectivity index (χ2v) is 5.17. The van der Waals surface area contributed by atoms with Crippen LogP contribution in [0.3, 0.4) is 0 Å². The molecular formula is C18H22N2O. The van der Waals surface area contributed by atoms with Gasteiger partial charge in [0.2, 0.25) is 5.91 Å². The van der Waals surface area contributed by atoms with E-state index in [2.05, 4.69) is 0 Å². The van der Waals surface area contributed by atoms with Gasteiger partial charge in [0, 0.05) is 19.6 Å². The summed E-state index contributed by atoms with van der Waals surface area (Å²) >= 11 is 0. The average Bonchev–Trinajstić information content (AvgIpc) is 2.55. The number of carbonyl (C=O) groups excluding carboxylic acids is 1. The van der Waals surface area contributed by atoms with Crippen molar-refractivity contribution in [1.82, 2.24) is 4.90 Å². The number of amides is 1. The van der Waals surface area contributed by atoms with Crippen molar-refractivity contribution >= 4 is 5.91 Å². The maximum Gasteiger partial charge on any atom is 0.230 e. The molecule has 1 amide bonds. The predicted molar refractivity (Wildman–Crippen MR) is 85.8 cm³/mol. The highest BCUT2D eigenvalue weighted by Gasteiger charge is 2.21. The zero-order chi connectivity index (χ0) is 15.1. The van der Waals surface area contributed by atoms with Gasteiger partial charge < -0.3 is 10.6 Å². The zero-order valence-electron chi connectivity index (χ0n) is 12.4. The van der Waals surface area contributed by atoms with Crippen LogP contribution >= 0.6 is 0 Å². The van der Waals surface area contributed by atoms with Crippen LogP contribution in [-0.4, -0.2) is 23.9 Å². The lowest BCUT2D eigenvalue weighted by molar-refractivity contribution is -0.133. The molecule has 0 heterocycles. The molecule has 2 N–H and O–H groups in total. The Bertz CT molecular complexity index is 554. The molecule has 3 heteroatoms. The third-order valence-corrected chi connectivity index (χ3v) is 3.60. The van der Waals surface area contributed by atoms with Crippen LogP contribution in [0.25, 0.3) is 0 Å². The Morgan fingerprint density at radius 1 is 1.05 bits per heavy atom. The number of nitrogens with two attached hydrogens (primary N) is 1. The number of carbonyl (C=O) groups is 1. The average molecular weight is 282 g/mol. The molecule has 0 aromatic heterocycles. The molecule has 21 heavy (non-hydrogen) atoms. The Hall–Kier alpha value is -2.13. The van der Waals surface area contributed by atoms with Crippen LogP contribution < -0.4 is 5.73 Å². The molecule has 2 aromatic rings. The van der Waals surface area contributed by atoms with E-state index >= 15 is 0 Å². The van der Waals surface area contributed by atoms with Crippen molar-refractivity contribution in [2.24, 2.45) is 5.73 Å². The van der Waals surface area contributed by atoms with Gasteiger partial charge in [0.15, 0.2) is 0 Å². The second-order valence-electron chi connectivity index (χ2n) is 5.17. The van der Waals surface area contributed by atoms with Crippen molar-refractivity contribution in [2.45, 2.75) is 19.4 Å². The molecule has 2 rings (SSSR count). The fourth-order valence-corrected chi connectivity index (χ4v) is 2.38. The zero-order valence-corrected chi connectivity index (χ0v) is 12.4. The first-order chi connectivity index (χ1) is 10.2. The minimum Gasteiger partial charge on any atom is -0.337 e. The van der Waals surface area contributed by atoms with Crippen LogP contribution in [0.1, 0.15) is 24.0 Å². The van der Waals surface area contributed by atoms with Crippen molar-refractivity contribution in [3.8, 4) is 0 Å². The molecule has 0 fully saturated rings. The highest BCUT2D eigenvalue weighted by atomic mass is 16.2. The molecule has 0 aliphatic carbocycles. The summed E-state index contributed by atoms with van der Waals surface area (Å²) in [6.45, 7) is 3.60. The van der Waals surface area contributed by atoms with Gasteiger partial charge in [0.25, 0.3) is 0 Å². The maximum absolute atomic E-state index is 12.7. The van der Waals surface area contributed by atoms with Gasteiger partial charge in [-0.05, 0) is 18.1 Å². The van der Waals surface area contributed by atoms with Gasteiger partial charge in [-0.15, -0.1) is 0 Å². The van der Waals surface area contributed by atoms with E-state index in [1.807, 2.05) is 72.5 Å². The molecular weight excluding hydrogens is 260 g/mol. The van der Waals surface area contributed by atoms with E-state index < -0.39 is 0 Å². The van der Waals surface area contributed by atoms with E-state index in [0.717, 1.165) is 11.1 Å². The molecule has 1 unspecified atom stereocenters. The van der Waals surface area contributed by atoms with E-state index in [4.69, 9.17) is 5.73 Å². The Morgan fingerprint density at radius 3 is 2.19 bits per heavy atom. The number of hydrogen-bond donors (Lipinski definition) is 1. The van der Waals surface area contributed by atoms with Gasteiger partial charge in [0.1, 0.15) is 0 Å².